The topological polar surface area (TPSA) is 64.9 Å². The van der Waals surface area contributed by atoms with E-state index < -0.39 is 0 Å². The number of hydrogen-bond acceptors (Lipinski definition) is 3. The van der Waals surface area contributed by atoms with Crippen molar-refractivity contribution in [2.45, 2.75) is 25.8 Å². The Labute approximate surface area is 84.7 Å². The minimum atomic E-state index is -0.123. The zero-order chi connectivity index (χ0) is 10.8. The SMILES string of the molecule is C#CCNCC(=O)NC(CC)CC#N. The maximum Gasteiger partial charge on any atom is 0.234 e. The second-order valence-electron chi connectivity index (χ2n) is 2.84. The third-order valence-electron chi connectivity index (χ3n) is 1.71. The second-order valence-corrected chi connectivity index (χ2v) is 2.84. The average Bonchev–Trinajstić information content (AvgIpc) is 2.17. The predicted molar refractivity (Wildman–Crippen MR) is 54.2 cm³/mol. The van der Waals surface area contributed by atoms with Gasteiger partial charge in [0.1, 0.15) is 0 Å². The maximum absolute atomic E-state index is 11.2. The summed E-state index contributed by atoms with van der Waals surface area (Å²) < 4.78 is 0. The van der Waals surface area contributed by atoms with Crippen LogP contribution < -0.4 is 10.6 Å². The van der Waals surface area contributed by atoms with Crippen molar-refractivity contribution < 1.29 is 4.79 Å². The van der Waals surface area contributed by atoms with Crippen LogP contribution >= 0.6 is 0 Å². The van der Waals surface area contributed by atoms with Gasteiger partial charge >= 0.3 is 0 Å². The minimum absolute atomic E-state index is 0.0554. The molecule has 14 heavy (non-hydrogen) atoms. The van der Waals surface area contributed by atoms with Gasteiger partial charge in [-0.1, -0.05) is 12.8 Å². The second kappa shape index (κ2) is 8.10. The standard InChI is InChI=1S/C10H15N3O/c1-3-7-12-8-10(14)13-9(4-2)5-6-11/h1,9,12H,4-5,7-8H2,2H3,(H,13,14). The lowest BCUT2D eigenvalue weighted by Gasteiger charge is -2.13. The molecule has 0 aromatic rings. The first kappa shape index (κ1) is 12.5. The highest BCUT2D eigenvalue weighted by Crippen LogP contribution is 1.94. The van der Waals surface area contributed by atoms with Gasteiger partial charge in [0.2, 0.25) is 5.91 Å². The Morgan fingerprint density at radius 1 is 1.64 bits per heavy atom. The van der Waals surface area contributed by atoms with E-state index in [1.165, 1.54) is 0 Å². The highest BCUT2D eigenvalue weighted by atomic mass is 16.1. The number of nitrogens with zero attached hydrogens (tertiary/aromatic N) is 1. The van der Waals surface area contributed by atoms with Crippen molar-refractivity contribution in [1.82, 2.24) is 10.6 Å². The monoisotopic (exact) mass is 193 g/mol. The zero-order valence-electron chi connectivity index (χ0n) is 8.34. The highest BCUT2D eigenvalue weighted by molar-refractivity contribution is 5.78. The predicted octanol–water partition coefficient (Wildman–Crippen LogP) is 0.0177. The van der Waals surface area contributed by atoms with Crippen LogP contribution in [0.15, 0.2) is 0 Å². The Kier molecular flexibility index (Phi) is 7.22. The first-order valence-electron chi connectivity index (χ1n) is 4.55. The van der Waals surface area contributed by atoms with E-state index in [0.717, 1.165) is 6.42 Å². The lowest BCUT2D eigenvalue weighted by atomic mass is 10.2. The van der Waals surface area contributed by atoms with Crippen LogP contribution in [0.2, 0.25) is 0 Å². The summed E-state index contributed by atoms with van der Waals surface area (Å²) in [6.45, 7) is 2.51. The van der Waals surface area contributed by atoms with Crippen LogP contribution in [0.3, 0.4) is 0 Å². The summed E-state index contributed by atoms with van der Waals surface area (Å²) in [5.41, 5.74) is 0. The Balaban J connectivity index is 3.70. The van der Waals surface area contributed by atoms with Crippen LogP contribution in [0.25, 0.3) is 0 Å². The molecule has 0 radical (unpaired) electrons. The molecule has 4 nitrogen and oxygen atoms in total. The average molecular weight is 193 g/mol. The number of amides is 1. The number of carbonyl (C=O) groups excluding carboxylic acids is 1. The molecule has 0 saturated carbocycles. The summed E-state index contributed by atoms with van der Waals surface area (Å²) in [6, 6.07) is 1.97. The number of rotatable bonds is 6. The van der Waals surface area contributed by atoms with Crippen LogP contribution in [-0.2, 0) is 4.79 Å². The van der Waals surface area contributed by atoms with Gasteiger partial charge < -0.3 is 5.32 Å². The van der Waals surface area contributed by atoms with Gasteiger partial charge in [-0.25, -0.2) is 0 Å². The van der Waals surface area contributed by atoms with Crippen molar-refractivity contribution in [1.29, 1.82) is 5.26 Å². The quantitative estimate of drug-likeness (QED) is 0.461. The van der Waals surface area contributed by atoms with E-state index in [9.17, 15) is 4.79 Å². The van der Waals surface area contributed by atoms with Gasteiger partial charge in [0, 0.05) is 6.04 Å². The van der Waals surface area contributed by atoms with Crippen LogP contribution in [0, 0.1) is 23.7 Å². The summed E-state index contributed by atoms with van der Waals surface area (Å²) in [5, 5.41) is 14.0. The van der Waals surface area contributed by atoms with Crippen molar-refractivity contribution in [3.8, 4) is 18.4 Å². The van der Waals surface area contributed by atoms with Gasteiger partial charge in [0.15, 0.2) is 0 Å². The fourth-order valence-electron chi connectivity index (χ4n) is 0.935. The molecule has 0 spiro atoms. The number of nitriles is 1. The summed E-state index contributed by atoms with van der Waals surface area (Å²) >= 11 is 0. The van der Waals surface area contributed by atoms with Gasteiger partial charge in [-0.05, 0) is 6.42 Å². The minimum Gasteiger partial charge on any atom is -0.351 e. The van der Waals surface area contributed by atoms with Crippen LogP contribution in [0.4, 0.5) is 0 Å². The molecule has 0 saturated heterocycles. The molecule has 0 aliphatic heterocycles. The fraction of sp³-hybridized carbons (Fsp3) is 0.600. The van der Waals surface area contributed by atoms with Crippen molar-refractivity contribution in [3.63, 3.8) is 0 Å². The Morgan fingerprint density at radius 2 is 2.36 bits per heavy atom. The number of carbonyl (C=O) groups is 1. The van der Waals surface area contributed by atoms with Gasteiger partial charge in [-0.15, -0.1) is 6.42 Å². The Morgan fingerprint density at radius 3 is 2.86 bits per heavy atom. The van der Waals surface area contributed by atoms with Gasteiger partial charge in [0.25, 0.3) is 0 Å². The number of nitrogens with one attached hydrogen (secondary N) is 2. The molecule has 76 valence electrons. The Hall–Kier alpha value is -1.52. The van der Waals surface area contributed by atoms with Crippen molar-refractivity contribution in [2.24, 2.45) is 0 Å². The van der Waals surface area contributed by atoms with Gasteiger partial charge in [-0.2, -0.15) is 5.26 Å². The van der Waals surface area contributed by atoms with E-state index in [1.807, 2.05) is 13.0 Å². The van der Waals surface area contributed by atoms with E-state index in [2.05, 4.69) is 16.6 Å². The zero-order valence-corrected chi connectivity index (χ0v) is 8.34. The molecule has 0 aromatic carbocycles. The first-order chi connectivity index (χ1) is 6.74. The van der Waals surface area contributed by atoms with Crippen LogP contribution in [0.1, 0.15) is 19.8 Å². The molecule has 0 fully saturated rings. The molecule has 2 N–H and O–H groups in total. The van der Waals surface area contributed by atoms with E-state index >= 15 is 0 Å². The van der Waals surface area contributed by atoms with E-state index in [-0.39, 0.29) is 18.5 Å². The molecular formula is C10H15N3O. The summed E-state index contributed by atoms with van der Waals surface area (Å²) in [7, 11) is 0. The summed E-state index contributed by atoms with van der Waals surface area (Å²) in [5.74, 6) is 2.25. The van der Waals surface area contributed by atoms with Crippen molar-refractivity contribution in [2.75, 3.05) is 13.1 Å². The first-order valence-corrected chi connectivity index (χ1v) is 4.55. The molecule has 1 unspecified atom stereocenters. The van der Waals surface area contributed by atoms with Crippen molar-refractivity contribution in [3.05, 3.63) is 0 Å². The molecule has 0 bridgehead atoms. The van der Waals surface area contributed by atoms with E-state index in [1.54, 1.807) is 0 Å². The van der Waals surface area contributed by atoms with Crippen LogP contribution in [-0.4, -0.2) is 25.0 Å². The third kappa shape index (κ3) is 6.05. The van der Waals surface area contributed by atoms with Crippen LogP contribution in [0.5, 0.6) is 0 Å². The largest absolute Gasteiger partial charge is 0.351 e. The molecule has 1 amide bonds. The number of hydrogen-bond donors (Lipinski definition) is 2. The maximum atomic E-state index is 11.2. The Bertz CT molecular complexity index is 249. The van der Waals surface area contributed by atoms with Gasteiger partial charge in [-0.3, -0.25) is 10.1 Å². The third-order valence-corrected chi connectivity index (χ3v) is 1.71. The van der Waals surface area contributed by atoms with E-state index in [0.29, 0.717) is 13.0 Å². The van der Waals surface area contributed by atoms with Crippen molar-refractivity contribution >= 4 is 5.91 Å². The summed E-state index contributed by atoms with van der Waals surface area (Å²) in [4.78, 5) is 11.2. The fourth-order valence-corrected chi connectivity index (χ4v) is 0.935. The molecule has 4 heteroatoms. The summed E-state index contributed by atoms with van der Waals surface area (Å²) in [6.07, 6.45) is 6.11. The smallest absolute Gasteiger partial charge is 0.234 e. The lowest BCUT2D eigenvalue weighted by Crippen LogP contribution is -2.40. The normalized spacial score (nSPS) is 11.1. The highest BCUT2D eigenvalue weighted by Gasteiger charge is 2.08. The molecule has 0 rings (SSSR count). The lowest BCUT2D eigenvalue weighted by molar-refractivity contribution is -0.120. The molecule has 0 aromatic heterocycles. The molecule has 0 aliphatic rings. The molecule has 0 aliphatic carbocycles. The number of terminal acetylenes is 1. The van der Waals surface area contributed by atoms with Gasteiger partial charge in [0.05, 0.1) is 25.6 Å². The molecule has 1 atom stereocenters. The van der Waals surface area contributed by atoms with E-state index in [4.69, 9.17) is 11.7 Å². The molecule has 0 heterocycles. The molecular weight excluding hydrogens is 178 g/mol.